The number of hydrogen-bond acceptors (Lipinski definition) is 4. The zero-order valence-corrected chi connectivity index (χ0v) is 13.3. The van der Waals surface area contributed by atoms with Crippen LogP contribution in [-0.2, 0) is 13.1 Å². The molecule has 1 saturated carbocycles. The molecular weight excluding hydrogens is 248 g/mol. The molecule has 20 heavy (non-hydrogen) atoms. The first kappa shape index (κ1) is 15.4. The van der Waals surface area contributed by atoms with Gasteiger partial charge in [-0.25, -0.2) is 0 Å². The van der Waals surface area contributed by atoms with Crippen molar-refractivity contribution in [3.05, 3.63) is 29.6 Å². The summed E-state index contributed by atoms with van der Waals surface area (Å²) in [5, 5.41) is 3.15. The summed E-state index contributed by atoms with van der Waals surface area (Å²) in [6.45, 7) is 2.93. The lowest BCUT2D eigenvalue weighted by molar-refractivity contribution is 0.0256. The average Bonchev–Trinajstić information content (AvgIpc) is 2.36. The lowest BCUT2D eigenvalue weighted by Crippen LogP contribution is -2.56. The molecule has 0 amide bonds. The third-order valence-corrected chi connectivity index (χ3v) is 4.50. The molecule has 1 aromatic rings. The van der Waals surface area contributed by atoms with Crippen LogP contribution in [0.5, 0.6) is 0 Å². The number of nitrogens with zero attached hydrogens (tertiary/aromatic N) is 3. The van der Waals surface area contributed by atoms with Crippen LogP contribution < -0.4 is 5.32 Å². The maximum Gasteiger partial charge on any atom is 0.0544 e. The smallest absolute Gasteiger partial charge is 0.0544 e. The fourth-order valence-electron chi connectivity index (χ4n) is 3.02. The van der Waals surface area contributed by atoms with Crippen molar-refractivity contribution in [1.29, 1.82) is 0 Å². The molecule has 0 spiro atoms. The molecule has 1 aromatic heterocycles. The first-order chi connectivity index (χ1) is 9.55. The Morgan fingerprint density at radius 2 is 2.00 bits per heavy atom. The molecular formula is C16H28N4. The molecule has 0 saturated heterocycles. The topological polar surface area (TPSA) is 31.4 Å². The second kappa shape index (κ2) is 6.66. The Bertz CT molecular complexity index is 409. The lowest BCUT2D eigenvalue weighted by Gasteiger charge is -2.49. The van der Waals surface area contributed by atoms with Crippen molar-refractivity contribution in [1.82, 2.24) is 20.1 Å². The molecule has 0 bridgehead atoms. The molecule has 0 aromatic carbocycles. The van der Waals surface area contributed by atoms with E-state index in [1.807, 2.05) is 13.2 Å². The minimum atomic E-state index is 0.390. The predicted molar refractivity (Wildman–Crippen MR) is 83.6 cm³/mol. The van der Waals surface area contributed by atoms with Gasteiger partial charge in [-0.3, -0.25) is 9.88 Å². The summed E-state index contributed by atoms with van der Waals surface area (Å²) in [7, 11) is 8.57. The maximum atomic E-state index is 4.56. The molecule has 1 aliphatic carbocycles. The van der Waals surface area contributed by atoms with Gasteiger partial charge in [0.15, 0.2) is 0 Å². The van der Waals surface area contributed by atoms with Gasteiger partial charge >= 0.3 is 0 Å². The van der Waals surface area contributed by atoms with Gasteiger partial charge < -0.3 is 10.2 Å². The van der Waals surface area contributed by atoms with Crippen molar-refractivity contribution in [3.63, 3.8) is 0 Å². The average molecular weight is 276 g/mol. The Balaban J connectivity index is 1.89. The van der Waals surface area contributed by atoms with Gasteiger partial charge in [0, 0.05) is 31.4 Å². The van der Waals surface area contributed by atoms with E-state index in [1.54, 1.807) is 0 Å². The number of pyridine rings is 1. The maximum absolute atomic E-state index is 4.56. The Morgan fingerprint density at radius 1 is 1.25 bits per heavy atom. The predicted octanol–water partition coefficient (Wildman–Crippen LogP) is 1.72. The van der Waals surface area contributed by atoms with E-state index in [9.17, 15) is 0 Å². The summed E-state index contributed by atoms with van der Waals surface area (Å²) < 4.78 is 0. The van der Waals surface area contributed by atoms with Crippen molar-refractivity contribution in [3.8, 4) is 0 Å². The van der Waals surface area contributed by atoms with E-state index in [2.05, 4.69) is 53.4 Å². The first-order valence-corrected chi connectivity index (χ1v) is 7.50. The summed E-state index contributed by atoms with van der Waals surface area (Å²) in [6, 6.07) is 4.31. The van der Waals surface area contributed by atoms with Gasteiger partial charge in [0.2, 0.25) is 0 Å². The van der Waals surface area contributed by atoms with Gasteiger partial charge in [-0.1, -0.05) is 6.07 Å². The highest BCUT2D eigenvalue weighted by Crippen LogP contribution is 2.36. The third-order valence-electron chi connectivity index (χ3n) is 4.50. The quantitative estimate of drug-likeness (QED) is 0.821. The molecule has 0 unspecified atom stereocenters. The Kier molecular flexibility index (Phi) is 5.13. The summed E-state index contributed by atoms with van der Waals surface area (Å²) in [6.07, 6.45) is 5.98. The van der Waals surface area contributed by atoms with E-state index in [-0.39, 0.29) is 0 Å². The number of aromatic nitrogens is 1. The van der Waals surface area contributed by atoms with Gasteiger partial charge in [-0.15, -0.1) is 0 Å². The van der Waals surface area contributed by atoms with Gasteiger partial charge in [0.1, 0.15) is 0 Å². The fourth-order valence-corrected chi connectivity index (χ4v) is 3.02. The Morgan fingerprint density at radius 3 is 2.45 bits per heavy atom. The molecule has 2 rings (SSSR count). The SMILES string of the molecule is CNCc1ccc(CN(C)CC2(N(C)C)CCC2)nc1. The Hall–Kier alpha value is -0.970. The Labute approximate surface area is 123 Å². The van der Waals surface area contributed by atoms with Crippen molar-refractivity contribution < 1.29 is 0 Å². The third kappa shape index (κ3) is 3.57. The molecule has 112 valence electrons. The minimum absolute atomic E-state index is 0.390. The molecule has 1 fully saturated rings. The number of rotatable bonds is 7. The van der Waals surface area contributed by atoms with Crippen LogP contribution in [-0.4, -0.2) is 55.1 Å². The van der Waals surface area contributed by atoms with Gasteiger partial charge in [-0.05, 0) is 59.1 Å². The fraction of sp³-hybridized carbons (Fsp3) is 0.688. The number of likely N-dealkylation sites (N-methyl/N-ethyl adjacent to an activating group) is 2. The monoisotopic (exact) mass is 276 g/mol. The lowest BCUT2D eigenvalue weighted by atomic mass is 9.75. The highest BCUT2D eigenvalue weighted by Gasteiger charge is 2.39. The van der Waals surface area contributed by atoms with Crippen LogP contribution in [0.1, 0.15) is 30.5 Å². The van der Waals surface area contributed by atoms with E-state index in [0.29, 0.717) is 5.54 Å². The van der Waals surface area contributed by atoms with E-state index in [1.165, 1.54) is 24.8 Å². The number of hydrogen-bond donors (Lipinski definition) is 1. The largest absolute Gasteiger partial charge is 0.316 e. The van der Waals surface area contributed by atoms with E-state index in [0.717, 1.165) is 25.3 Å². The van der Waals surface area contributed by atoms with Crippen LogP contribution in [0.25, 0.3) is 0 Å². The second-order valence-corrected chi connectivity index (χ2v) is 6.33. The molecule has 1 N–H and O–H groups in total. The molecule has 4 nitrogen and oxygen atoms in total. The van der Waals surface area contributed by atoms with Crippen LogP contribution in [0.4, 0.5) is 0 Å². The van der Waals surface area contributed by atoms with Crippen LogP contribution in [0.15, 0.2) is 18.3 Å². The summed E-state index contributed by atoms with van der Waals surface area (Å²) in [4.78, 5) is 9.36. The normalized spacial score (nSPS) is 17.5. The van der Waals surface area contributed by atoms with Gasteiger partial charge in [0.25, 0.3) is 0 Å². The summed E-state index contributed by atoms with van der Waals surface area (Å²) >= 11 is 0. The van der Waals surface area contributed by atoms with Crippen molar-refractivity contribution in [2.24, 2.45) is 0 Å². The van der Waals surface area contributed by atoms with Crippen molar-refractivity contribution in [2.75, 3.05) is 34.7 Å². The van der Waals surface area contributed by atoms with E-state index < -0.39 is 0 Å². The van der Waals surface area contributed by atoms with Gasteiger partial charge in [-0.2, -0.15) is 0 Å². The van der Waals surface area contributed by atoms with Crippen LogP contribution >= 0.6 is 0 Å². The second-order valence-electron chi connectivity index (χ2n) is 6.33. The number of nitrogens with one attached hydrogen (secondary N) is 1. The molecule has 1 heterocycles. The van der Waals surface area contributed by atoms with Crippen LogP contribution in [0, 0.1) is 0 Å². The van der Waals surface area contributed by atoms with Crippen molar-refractivity contribution >= 4 is 0 Å². The van der Waals surface area contributed by atoms with E-state index in [4.69, 9.17) is 0 Å². The minimum Gasteiger partial charge on any atom is -0.316 e. The highest BCUT2D eigenvalue weighted by atomic mass is 15.2. The van der Waals surface area contributed by atoms with E-state index >= 15 is 0 Å². The molecule has 0 atom stereocenters. The molecule has 4 heteroatoms. The molecule has 0 aliphatic heterocycles. The zero-order valence-electron chi connectivity index (χ0n) is 13.3. The summed E-state index contributed by atoms with van der Waals surface area (Å²) in [5.74, 6) is 0. The zero-order chi connectivity index (χ0) is 14.6. The van der Waals surface area contributed by atoms with Crippen LogP contribution in [0.2, 0.25) is 0 Å². The van der Waals surface area contributed by atoms with Gasteiger partial charge in [0.05, 0.1) is 5.69 Å². The standard InChI is InChI=1S/C16H28N4/c1-17-10-14-6-7-15(18-11-14)12-20(4)13-16(19(2)3)8-5-9-16/h6-7,11,17H,5,8-10,12-13H2,1-4H3. The van der Waals surface area contributed by atoms with Crippen LogP contribution in [0.3, 0.4) is 0 Å². The first-order valence-electron chi connectivity index (χ1n) is 7.50. The highest BCUT2D eigenvalue weighted by molar-refractivity contribution is 5.14. The summed E-state index contributed by atoms with van der Waals surface area (Å²) in [5.41, 5.74) is 2.78. The molecule has 1 aliphatic rings. The van der Waals surface area contributed by atoms with Crippen molar-refractivity contribution in [2.45, 2.75) is 37.9 Å². The molecule has 0 radical (unpaired) electrons.